The largest absolute Gasteiger partial charge is 0.367 e. The molecule has 3 aromatic heterocycles. The molecule has 0 aliphatic heterocycles. The highest BCUT2D eigenvalue weighted by atomic mass is 32.1. The minimum absolute atomic E-state index is 0.0503. The van der Waals surface area contributed by atoms with Gasteiger partial charge >= 0.3 is 0 Å². The molecule has 3 fully saturated rings. The molecule has 0 amide bonds. The van der Waals surface area contributed by atoms with Crippen molar-refractivity contribution in [1.82, 2.24) is 19.9 Å². The van der Waals surface area contributed by atoms with E-state index in [0.29, 0.717) is 48.9 Å². The minimum Gasteiger partial charge on any atom is -0.367 e. The topological polar surface area (TPSA) is 75.6 Å². The van der Waals surface area contributed by atoms with E-state index in [1.165, 1.54) is 25.7 Å². The van der Waals surface area contributed by atoms with Crippen molar-refractivity contribution >= 4 is 33.3 Å². The monoisotopic (exact) mass is 498 g/mol. The van der Waals surface area contributed by atoms with Crippen LogP contribution in [0.1, 0.15) is 76.1 Å². The Labute approximate surface area is 208 Å². The molecule has 0 aromatic carbocycles. The lowest BCUT2D eigenvalue weighted by Gasteiger charge is -2.21. The van der Waals surface area contributed by atoms with Crippen LogP contribution in [0.25, 0.3) is 20.8 Å². The number of hydrogen-bond acceptors (Lipinski definition) is 7. The van der Waals surface area contributed by atoms with E-state index >= 15 is 0 Å². The van der Waals surface area contributed by atoms with Crippen molar-refractivity contribution in [3.8, 4) is 10.6 Å². The number of alkyl halides is 2. The second kappa shape index (κ2) is 8.61. The number of pyridine rings is 1. The van der Waals surface area contributed by atoms with Gasteiger partial charge in [-0.05, 0) is 77.7 Å². The van der Waals surface area contributed by atoms with Crippen LogP contribution in [0.3, 0.4) is 0 Å². The number of aryl methyl sites for hydroxylation is 1. The number of halogens is 2. The van der Waals surface area contributed by atoms with Crippen LogP contribution >= 0.6 is 11.3 Å². The summed E-state index contributed by atoms with van der Waals surface area (Å²) in [5.41, 5.74) is 3.75. The predicted octanol–water partition coefficient (Wildman–Crippen LogP) is 6.78. The van der Waals surface area contributed by atoms with Crippen LogP contribution in [0.4, 0.5) is 20.5 Å². The van der Waals surface area contributed by atoms with Crippen LogP contribution < -0.4 is 10.6 Å². The second-order valence-electron chi connectivity index (χ2n) is 10.8. The maximum Gasteiger partial charge on any atom is 0.248 e. The summed E-state index contributed by atoms with van der Waals surface area (Å²) in [6.07, 6.45) is 8.31. The number of thiazole rings is 1. The summed E-state index contributed by atoms with van der Waals surface area (Å²) in [6, 6.07) is 2.27. The Morgan fingerprint density at radius 2 is 1.89 bits per heavy atom. The summed E-state index contributed by atoms with van der Waals surface area (Å²) < 4.78 is 29.1. The van der Waals surface area contributed by atoms with Gasteiger partial charge in [0.2, 0.25) is 11.9 Å². The smallest absolute Gasteiger partial charge is 0.248 e. The number of rotatable bonds is 8. The van der Waals surface area contributed by atoms with E-state index in [1.807, 2.05) is 19.2 Å². The van der Waals surface area contributed by atoms with Gasteiger partial charge in [-0.15, -0.1) is 11.3 Å². The Morgan fingerprint density at radius 1 is 1.09 bits per heavy atom. The van der Waals surface area contributed by atoms with Gasteiger partial charge in [0.05, 0.1) is 21.7 Å². The molecule has 3 atom stereocenters. The zero-order valence-corrected chi connectivity index (χ0v) is 21.3. The summed E-state index contributed by atoms with van der Waals surface area (Å²) in [5, 5.41) is 7.86. The Bertz CT molecular complexity index is 1250. The lowest BCUT2D eigenvalue weighted by Crippen LogP contribution is -2.25. The molecule has 35 heavy (non-hydrogen) atoms. The summed E-state index contributed by atoms with van der Waals surface area (Å²) in [5.74, 6) is -0.821. The first kappa shape index (κ1) is 23.0. The van der Waals surface area contributed by atoms with Crippen LogP contribution in [-0.2, 0) is 0 Å². The maximum atomic E-state index is 14.0. The first-order valence-corrected chi connectivity index (χ1v) is 13.6. The van der Waals surface area contributed by atoms with Crippen LogP contribution in [0, 0.1) is 18.8 Å². The molecule has 3 aliphatic carbocycles. The van der Waals surface area contributed by atoms with Gasteiger partial charge in [0.1, 0.15) is 16.3 Å². The number of nitrogens with zero attached hydrogens (tertiary/aromatic N) is 4. The van der Waals surface area contributed by atoms with Gasteiger partial charge < -0.3 is 10.6 Å². The number of aromatic nitrogens is 4. The molecule has 0 saturated heterocycles. The Balaban J connectivity index is 1.37. The van der Waals surface area contributed by atoms with E-state index in [1.54, 1.807) is 11.3 Å². The molecule has 0 bridgehead atoms. The molecule has 9 heteroatoms. The Kier molecular flexibility index (Phi) is 5.66. The van der Waals surface area contributed by atoms with Crippen LogP contribution in [0.2, 0.25) is 0 Å². The van der Waals surface area contributed by atoms with Gasteiger partial charge in [0.25, 0.3) is 0 Å². The molecule has 6 nitrogen and oxygen atoms in total. The van der Waals surface area contributed by atoms with Crippen LogP contribution in [0.5, 0.6) is 0 Å². The van der Waals surface area contributed by atoms with Crippen molar-refractivity contribution in [2.75, 3.05) is 10.6 Å². The number of hydrogen-bond donors (Lipinski definition) is 2. The lowest BCUT2D eigenvalue weighted by molar-refractivity contribution is -0.0369. The summed E-state index contributed by atoms with van der Waals surface area (Å²) >= 11 is 1.62. The third-order valence-corrected chi connectivity index (χ3v) is 8.82. The van der Waals surface area contributed by atoms with Gasteiger partial charge in [-0.1, -0.05) is 0 Å². The van der Waals surface area contributed by atoms with E-state index in [-0.39, 0.29) is 6.04 Å². The molecule has 3 aliphatic rings. The quantitative estimate of drug-likeness (QED) is 0.357. The van der Waals surface area contributed by atoms with Crippen molar-refractivity contribution in [3.63, 3.8) is 0 Å². The maximum absolute atomic E-state index is 14.0. The lowest BCUT2D eigenvalue weighted by atomic mass is 10.0. The highest BCUT2D eigenvalue weighted by Crippen LogP contribution is 2.45. The Hall–Kier alpha value is -2.42. The SMILES string of the molecule is Cc1nc(NC(C)C2CC2)nc(NC2CCC(C(C)(F)F)C2)c1-c1nc2c(C3CC3)nccc2s1. The predicted molar refractivity (Wildman–Crippen MR) is 136 cm³/mol. The first-order chi connectivity index (χ1) is 16.8. The molecule has 3 unspecified atom stereocenters. The third-order valence-electron chi connectivity index (χ3n) is 7.78. The highest BCUT2D eigenvalue weighted by molar-refractivity contribution is 7.21. The third kappa shape index (κ3) is 4.71. The van der Waals surface area contributed by atoms with Gasteiger partial charge in [0, 0.05) is 30.1 Å². The molecule has 0 spiro atoms. The molecular formula is C26H32F2N6S. The van der Waals surface area contributed by atoms with Gasteiger partial charge in [-0.2, -0.15) is 4.98 Å². The number of nitrogens with one attached hydrogen (secondary N) is 2. The van der Waals surface area contributed by atoms with Gasteiger partial charge in [0.15, 0.2) is 0 Å². The molecule has 3 heterocycles. The summed E-state index contributed by atoms with van der Waals surface area (Å²) in [4.78, 5) is 19.3. The van der Waals surface area contributed by atoms with E-state index in [2.05, 4.69) is 22.5 Å². The number of fused-ring (bicyclic) bond motifs is 1. The van der Waals surface area contributed by atoms with E-state index in [9.17, 15) is 8.78 Å². The minimum atomic E-state index is -2.66. The second-order valence-corrected chi connectivity index (χ2v) is 11.8. The average Bonchev–Trinajstić information content (AvgIpc) is 3.72. The molecule has 6 rings (SSSR count). The van der Waals surface area contributed by atoms with Gasteiger partial charge in [-0.25, -0.2) is 18.7 Å². The summed E-state index contributed by atoms with van der Waals surface area (Å²) in [7, 11) is 0. The highest BCUT2D eigenvalue weighted by Gasteiger charge is 2.40. The molecule has 2 N–H and O–H groups in total. The molecular weight excluding hydrogens is 466 g/mol. The van der Waals surface area contributed by atoms with Crippen LogP contribution in [-0.4, -0.2) is 37.9 Å². The van der Waals surface area contributed by atoms with Crippen molar-refractivity contribution in [2.45, 2.75) is 89.6 Å². The first-order valence-electron chi connectivity index (χ1n) is 12.8. The molecule has 0 radical (unpaired) electrons. The average molecular weight is 499 g/mol. The zero-order valence-electron chi connectivity index (χ0n) is 20.4. The fraction of sp³-hybridized carbons (Fsp3) is 0.615. The fourth-order valence-corrected chi connectivity index (χ4v) is 6.39. The van der Waals surface area contributed by atoms with Crippen molar-refractivity contribution in [2.24, 2.45) is 11.8 Å². The molecule has 3 saturated carbocycles. The Morgan fingerprint density at radius 3 is 2.57 bits per heavy atom. The molecule has 3 aromatic rings. The van der Waals surface area contributed by atoms with Gasteiger partial charge in [-0.3, -0.25) is 4.98 Å². The van der Waals surface area contributed by atoms with E-state index in [4.69, 9.17) is 15.0 Å². The standard InChI is InChI=1S/C26H32F2N6S/c1-13(15-4-5-15)30-25-31-14(2)20(23(34-25)32-18-9-8-17(12-18)26(3,27)28)24-33-22-19(35-24)10-11-29-21(22)16-6-7-16/h10-11,13,15-18H,4-9,12H2,1-3H3,(H2,30,31,32,34). The fourth-order valence-electron chi connectivity index (χ4n) is 5.32. The van der Waals surface area contributed by atoms with E-state index < -0.39 is 11.8 Å². The van der Waals surface area contributed by atoms with Crippen molar-refractivity contribution in [3.05, 3.63) is 23.7 Å². The van der Waals surface area contributed by atoms with Crippen LogP contribution in [0.15, 0.2) is 12.3 Å². The zero-order chi connectivity index (χ0) is 24.3. The molecule has 186 valence electrons. The van der Waals surface area contributed by atoms with Crippen molar-refractivity contribution in [1.29, 1.82) is 0 Å². The summed E-state index contributed by atoms with van der Waals surface area (Å²) in [6.45, 7) is 5.19. The number of anilines is 2. The van der Waals surface area contributed by atoms with Crippen molar-refractivity contribution < 1.29 is 8.78 Å². The normalized spacial score (nSPS) is 23.6. The van der Waals surface area contributed by atoms with E-state index in [0.717, 1.165) is 39.1 Å².